The summed E-state index contributed by atoms with van der Waals surface area (Å²) >= 11 is 3.15. The number of rotatable bonds is 4. The van der Waals surface area contributed by atoms with E-state index in [1.54, 1.807) is 23.1 Å². The highest BCUT2D eigenvalue weighted by atomic mass is 79.9. The van der Waals surface area contributed by atoms with Gasteiger partial charge in [0.1, 0.15) is 5.82 Å². The van der Waals surface area contributed by atoms with E-state index in [-0.39, 0.29) is 22.4 Å². The summed E-state index contributed by atoms with van der Waals surface area (Å²) in [6, 6.07) is 8.78. The fourth-order valence-electron chi connectivity index (χ4n) is 3.31. The van der Waals surface area contributed by atoms with Gasteiger partial charge in [0.25, 0.3) is 10.0 Å². The molecule has 0 saturated carbocycles. The van der Waals surface area contributed by atoms with Crippen LogP contribution in [-0.2, 0) is 20.2 Å². The molecule has 5 nitrogen and oxygen atoms in total. The molecular formula is C20H22BrFN2O3S. The first kappa shape index (κ1) is 20.8. The van der Waals surface area contributed by atoms with Crippen LogP contribution >= 0.6 is 15.9 Å². The van der Waals surface area contributed by atoms with Crippen LogP contribution < -0.4 is 9.62 Å². The van der Waals surface area contributed by atoms with E-state index in [1.165, 1.54) is 18.2 Å². The second-order valence-electron chi connectivity index (χ2n) is 7.87. The highest BCUT2D eigenvalue weighted by Crippen LogP contribution is 2.42. The number of hydrogen-bond acceptors (Lipinski definition) is 3. The Morgan fingerprint density at radius 1 is 1.21 bits per heavy atom. The van der Waals surface area contributed by atoms with Crippen molar-refractivity contribution in [3.63, 3.8) is 0 Å². The number of fused-ring (bicyclic) bond motifs is 1. The smallest absolute Gasteiger partial charge is 0.261 e. The van der Waals surface area contributed by atoms with Gasteiger partial charge in [0.05, 0.1) is 10.6 Å². The second kappa shape index (κ2) is 7.15. The summed E-state index contributed by atoms with van der Waals surface area (Å²) in [5, 5.41) is 0. The minimum absolute atomic E-state index is 0.00232. The lowest BCUT2D eigenvalue weighted by molar-refractivity contribution is -0.121. The van der Waals surface area contributed by atoms with E-state index in [0.717, 1.165) is 11.3 Å². The third kappa shape index (κ3) is 3.80. The lowest BCUT2D eigenvalue weighted by atomic mass is 9.87. The molecule has 1 amide bonds. The molecule has 1 aliphatic rings. The number of carbonyl (C=O) groups is 1. The van der Waals surface area contributed by atoms with Gasteiger partial charge in [-0.05, 0) is 42.0 Å². The van der Waals surface area contributed by atoms with E-state index < -0.39 is 21.3 Å². The number of amides is 1. The van der Waals surface area contributed by atoms with E-state index in [9.17, 15) is 17.6 Å². The monoisotopic (exact) mass is 468 g/mol. The summed E-state index contributed by atoms with van der Waals surface area (Å²) in [5.74, 6) is -0.835. The fraction of sp³-hybridized carbons (Fsp3) is 0.350. The summed E-state index contributed by atoms with van der Waals surface area (Å²) in [5.41, 5.74) is 0.978. The molecule has 28 heavy (non-hydrogen) atoms. The van der Waals surface area contributed by atoms with Gasteiger partial charge < -0.3 is 4.90 Å². The molecule has 0 spiro atoms. The molecule has 150 valence electrons. The Labute approximate surface area is 173 Å². The number of carbonyl (C=O) groups excluding carboxylic acids is 1. The lowest BCUT2D eigenvalue weighted by Gasteiger charge is -2.22. The molecule has 0 atom stereocenters. The number of nitrogens with one attached hydrogen (secondary N) is 1. The van der Waals surface area contributed by atoms with Crippen LogP contribution in [0.25, 0.3) is 0 Å². The van der Waals surface area contributed by atoms with Gasteiger partial charge >= 0.3 is 0 Å². The zero-order valence-electron chi connectivity index (χ0n) is 16.1. The van der Waals surface area contributed by atoms with E-state index in [1.807, 2.05) is 27.7 Å². The van der Waals surface area contributed by atoms with Crippen LogP contribution in [0.1, 0.15) is 33.3 Å². The lowest BCUT2D eigenvalue weighted by Crippen LogP contribution is -2.36. The highest BCUT2D eigenvalue weighted by Gasteiger charge is 2.39. The Kier molecular flexibility index (Phi) is 5.31. The van der Waals surface area contributed by atoms with Crippen LogP contribution in [0.15, 0.2) is 45.8 Å². The Morgan fingerprint density at radius 2 is 1.89 bits per heavy atom. The van der Waals surface area contributed by atoms with Gasteiger partial charge in [-0.1, -0.05) is 43.6 Å². The predicted octanol–water partition coefficient (Wildman–Crippen LogP) is 4.67. The normalized spacial score (nSPS) is 15.6. The number of anilines is 2. The Morgan fingerprint density at radius 3 is 2.50 bits per heavy atom. The van der Waals surface area contributed by atoms with Crippen molar-refractivity contribution in [2.75, 3.05) is 16.2 Å². The summed E-state index contributed by atoms with van der Waals surface area (Å²) in [6.45, 7) is 8.10. The maximum Gasteiger partial charge on any atom is 0.261 e. The molecule has 1 aliphatic heterocycles. The molecular weight excluding hydrogens is 447 g/mol. The average molecular weight is 469 g/mol. The number of sulfonamides is 1. The molecule has 0 aromatic heterocycles. The van der Waals surface area contributed by atoms with E-state index >= 15 is 0 Å². The van der Waals surface area contributed by atoms with Gasteiger partial charge in [-0.2, -0.15) is 0 Å². The average Bonchev–Trinajstić information content (AvgIpc) is 2.87. The first-order valence-electron chi connectivity index (χ1n) is 8.86. The molecule has 0 bridgehead atoms. The van der Waals surface area contributed by atoms with Crippen molar-refractivity contribution < 1.29 is 17.6 Å². The predicted molar refractivity (Wildman–Crippen MR) is 112 cm³/mol. The Bertz CT molecular complexity index is 1050. The van der Waals surface area contributed by atoms with E-state index in [0.29, 0.717) is 11.0 Å². The molecule has 0 aliphatic carbocycles. The number of halogens is 2. The molecule has 1 N–H and O–H groups in total. The van der Waals surface area contributed by atoms with Crippen LogP contribution in [0.5, 0.6) is 0 Å². The molecule has 1 heterocycles. The van der Waals surface area contributed by atoms with Gasteiger partial charge in [0, 0.05) is 28.0 Å². The van der Waals surface area contributed by atoms with Crippen molar-refractivity contribution in [3.05, 3.63) is 52.3 Å². The molecule has 0 unspecified atom stereocenters. The van der Waals surface area contributed by atoms with E-state index in [2.05, 4.69) is 20.7 Å². The van der Waals surface area contributed by atoms with Crippen molar-refractivity contribution in [2.24, 2.45) is 5.92 Å². The van der Waals surface area contributed by atoms with E-state index in [4.69, 9.17) is 0 Å². The quantitative estimate of drug-likeness (QED) is 0.708. The molecule has 3 rings (SSSR count). The zero-order valence-corrected chi connectivity index (χ0v) is 18.5. The van der Waals surface area contributed by atoms with Crippen molar-refractivity contribution >= 4 is 43.2 Å². The summed E-state index contributed by atoms with van der Waals surface area (Å²) in [6.07, 6.45) is 0. The standard InChI is InChI=1S/C20H22BrFN2O3S/c1-12(2)19(25)24-11-20(3,4)15-10-14(6-8-18(15)24)28(26,27)23-17-7-5-13(21)9-16(17)22/h5-10,12,23H,11H2,1-4H3. The molecule has 0 saturated heterocycles. The van der Waals surface area contributed by atoms with Crippen LogP contribution in [-0.4, -0.2) is 20.9 Å². The van der Waals surface area contributed by atoms with Gasteiger partial charge in [0.2, 0.25) is 5.91 Å². The maximum absolute atomic E-state index is 14.1. The minimum atomic E-state index is -3.98. The summed E-state index contributed by atoms with van der Waals surface area (Å²) in [4.78, 5) is 14.3. The van der Waals surface area contributed by atoms with Crippen molar-refractivity contribution in [3.8, 4) is 0 Å². The highest BCUT2D eigenvalue weighted by molar-refractivity contribution is 9.10. The van der Waals surface area contributed by atoms with Gasteiger partial charge in [-0.25, -0.2) is 12.8 Å². The second-order valence-corrected chi connectivity index (χ2v) is 10.5. The molecule has 2 aromatic rings. The number of nitrogens with zero attached hydrogens (tertiary/aromatic N) is 1. The SMILES string of the molecule is CC(C)C(=O)N1CC(C)(C)c2cc(S(=O)(=O)Nc3ccc(Br)cc3F)ccc21. The molecule has 0 fully saturated rings. The van der Waals surface area contributed by atoms with Crippen molar-refractivity contribution in [1.29, 1.82) is 0 Å². The van der Waals surface area contributed by atoms with Crippen LogP contribution in [0.3, 0.4) is 0 Å². The van der Waals surface area contributed by atoms with Crippen LogP contribution in [0.2, 0.25) is 0 Å². The van der Waals surface area contributed by atoms with Crippen LogP contribution in [0, 0.1) is 11.7 Å². The Balaban J connectivity index is 2.00. The van der Waals surface area contributed by atoms with Crippen molar-refractivity contribution in [2.45, 2.75) is 38.0 Å². The number of hydrogen-bond donors (Lipinski definition) is 1. The molecule has 8 heteroatoms. The van der Waals surface area contributed by atoms with Gasteiger partial charge in [-0.3, -0.25) is 9.52 Å². The van der Waals surface area contributed by atoms with Crippen molar-refractivity contribution in [1.82, 2.24) is 0 Å². The van der Waals surface area contributed by atoms with Gasteiger partial charge in [0.15, 0.2) is 0 Å². The molecule has 0 radical (unpaired) electrons. The van der Waals surface area contributed by atoms with Gasteiger partial charge in [-0.15, -0.1) is 0 Å². The third-order valence-corrected chi connectivity index (χ3v) is 6.64. The number of benzene rings is 2. The largest absolute Gasteiger partial charge is 0.311 e. The summed E-state index contributed by atoms with van der Waals surface area (Å²) < 4.78 is 42.5. The minimum Gasteiger partial charge on any atom is -0.311 e. The topological polar surface area (TPSA) is 66.5 Å². The first-order chi connectivity index (χ1) is 12.9. The Hall–Kier alpha value is -1.93. The molecule has 2 aromatic carbocycles. The van der Waals surface area contributed by atoms with Crippen LogP contribution in [0.4, 0.5) is 15.8 Å². The maximum atomic E-state index is 14.1. The first-order valence-corrected chi connectivity index (χ1v) is 11.1. The zero-order chi connectivity index (χ0) is 20.9. The fourth-order valence-corrected chi connectivity index (χ4v) is 4.74. The summed E-state index contributed by atoms with van der Waals surface area (Å²) in [7, 11) is -3.98. The third-order valence-electron chi connectivity index (χ3n) is 4.79.